The van der Waals surface area contributed by atoms with Crippen molar-refractivity contribution in [1.82, 2.24) is 0 Å². The number of fused-ring (bicyclic) bond motifs is 2. The van der Waals surface area contributed by atoms with Gasteiger partial charge in [0.05, 0.1) is 24.8 Å². The molecular formula is C16H14N4O2. The van der Waals surface area contributed by atoms with E-state index in [-0.39, 0.29) is 11.9 Å². The third kappa shape index (κ3) is 1.13. The first-order valence-electron chi connectivity index (χ1n) is 7.13. The van der Waals surface area contributed by atoms with Crippen LogP contribution >= 0.6 is 0 Å². The van der Waals surface area contributed by atoms with Crippen LogP contribution in [0.3, 0.4) is 0 Å². The predicted octanol–water partition coefficient (Wildman–Crippen LogP) is 1.26. The van der Waals surface area contributed by atoms with Crippen LogP contribution in [0.25, 0.3) is 0 Å². The minimum absolute atomic E-state index is 0.125. The maximum atomic E-state index is 9.93. The third-order valence-electron chi connectivity index (χ3n) is 4.93. The van der Waals surface area contributed by atoms with Crippen LogP contribution in [0, 0.1) is 33.5 Å². The van der Waals surface area contributed by atoms with Crippen molar-refractivity contribution >= 4 is 5.84 Å². The summed E-state index contributed by atoms with van der Waals surface area (Å²) in [6, 6.07) is 13.9. The summed E-state index contributed by atoms with van der Waals surface area (Å²) in [4.78, 5) is 4.27. The minimum Gasteiger partial charge on any atom is -0.386 e. The highest BCUT2D eigenvalue weighted by Gasteiger charge is 2.94. The first-order chi connectivity index (χ1) is 10.6. The van der Waals surface area contributed by atoms with E-state index in [0.717, 1.165) is 5.56 Å². The van der Waals surface area contributed by atoms with E-state index in [0.29, 0.717) is 6.61 Å². The monoisotopic (exact) mass is 294 g/mol. The van der Waals surface area contributed by atoms with Gasteiger partial charge in [-0.1, -0.05) is 30.3 Å². The van der Waals surface area contributed by atoms with E-state index in [1.165, 1.54) is 0 Å². The van der Waals surface area contributed by atoms with Gasteiger partial charge in [-0.25, -0.2) is 4.99 Å². The number of nitrogens with two attached hydrogens (primary N) is 1. The summed E-state index contributed by atoms with van der Waals surface area (Å²) < 4.78 is 11.6. The standard InChI is InChI=1S/C16H14N4O2/c1-10-7-21-16(22-10)15(9-18)12(11-5-3-2-4-6-11)14(15,8-17)13(19)20-16/h2-6,10,12H,7H2,1H3,(H2,19,20). The number of rotatable bonds is 1. The van der Waals surface area contributed by atoms with Crippen LogP contribution in [-0.2, 0) is 9.47 Å². The van der Waals surface area contributed by atoms with Crippen molar-refractivity contribution < 1.29 is 9.47 Å². The fourth-order valence-electron chi connectivity index (χ4n) is 4.01. The van der Waals surface area contributed by atoms with Gasteiger partial charge in [0.2, 0.25) is 0 Å². The van der Waals surface area contributed by atoms with Crippen LogP contribution < -0.4 is 5.73 Å². The summed E-state index contributed by atoms with van der Waals surface area (Å²) in [6.45, 7) is 2.17. The van der Waals surface area contributed by atoms with Gasteiger partial charge in [0.15, 0.2) is 5.41 Å². The van der Waals surface area contributed by atoms with E-state index in [4.69, 9.17) is 15.2 Å². The Morgan fingerprint density at radius 1 is 1.27 bits per heavy atom. The zero-order chi connectivity index (χ0) is 15.6. The Morgan fingerprint density at radius 3 is 2.55 bits per heavy atom. The fourth-order valence-corrected chi connectivity index (χ4v) is 4.01. The zero-order valence-corrected chi connectivity index (χ0v) is 12.0. The number of aliphatic imine (C=N–C) groups is 1. The quantitative estimate of drug-likeness (QED) is 0.839. The maximum Gasteiger partial charge on any atom is 0.293 e. The lowest BCUT2D eigenvalue weighted by Crippen LogP contribution is -2.39. The van der Waals surface area contributed by atoms with Gasteiger partial charge in [-0.2, -0.15) is 10.5 Å². The summed E-state index contributed by atoms with van der Waals surface area (Å²) in [5.41, 5.74) is 4.52. The molecule has 1 aliphatic carbocycles. The van der Waals surface area contributed by atoms with Crippen LogP contribution in [0.2, 0.25) is 0 Å². The van der Waals surface area contributed by atoms with Crippen LogP contribution in [-0.4, -0.2) is 24.5 Å². The van der Waals surface area contributed by atoms with Crippen molar-refractivity contribution in [3.05, 3.63) is 35.9 Å². The highest BCUT2D eigenvalue weighted by atomic mass is 16.8. The maximum absolute atomic E-state index is 9.93. The van der Waals surface area contributed by atoms with Gasteiger partial charge in [0.25, 0.3) is 5.91 Å². The molecule has 2 fully saturated rings. The molecule has 6 heteroatoms. The zero-order valence-electron chi connectivity index (χ0n) is 12.0. The molecule has 0 amide bonds. The third-order valence-corrected chi connectivity index (χ3v) is 4.93. The first kappa shape index (κ1) is 13.3. The lowest BCUT2D eigenvalue weighted by atomic mass is 9.94. The van der Waals surface area contributed by atoms with E-state index in [2.05, 4.69) is 17.1 Å². The fraction of sp³-hybridized carbons (Fsp3) is 0.438. The molecule has 1 spiro atoms. The van der Waals surface area contributed by atoms with Crippen molar-refractivity contribution in [3.8, 4) is 12.1 Å². The van der Waals surface area contributed by atoms with E-state index in [1.807, 2.05) is 37.3 Å². The Morgan fingerprint density at radius 2 is 2.00 bits per heavy atom. The number of nitriles is 2. The van der Waals surface area contributed by atoms with Crippen molar-refractivity contribution in [1.29, 1.82) is 10.5 Å². The molecule has 1 saturated heterocycles. The number of amidine groups is 1. The molecule has 6 nitrogen and oxygen atoms in total. The second kappa shape index (κ2) is 3.86. The number of hydrogen-bond acceptors (Lipinski definition) is 6. The van der Waals surface area contributed by atoms with Gasteiger partial charge in [-0.3, -0.25) is 0 Å². The highest BCUT2D eigenvalue weighted by Crippen LogP contribution is 2.82. The first-order valence-corrected chi connectivity index (χ1v) is 7.13. The topological polar surface area (TPSA) is 104 Å². The van der Waals surface area contributed by atoms with E-state index >= 15 is 0 Å². The molecular weight excluding hydrogens is 280 g/mol. The Kier molecular flexibility index (Phi) is 2.33. The molecule has 0 aromatic heterocycles. The summed E-state index contributed by atoms with van der Waals surface area (Å²) in [7, 11) is 0. The molecule has 0 radical (unpaired) electrons. The molecule has 0 bridgehead atoms. The Bertz CT molecular complexity index is 765. The van der Waals surface area contributed by atoms with Crippen molar-refractivity contribution in [2.24, 2.45) is 21.6 Å². The molecule has 110 valence electrons. The molecule has 2 aliphatic heterocycles. The Balaban J connectivity index is 1.93. The molecule has 1 aromatic rings. The lowest BCUT2D eigenvalue weighted by molar-refractivity contribution is -0.193. The summed E-state index contributed by atoms with van der Waals surface area (Å²) >= 11 is 0. The van der Waals surface area contributed by atoms with Gasteiger partial charge in [0.1, 0.15) is 11.3 Å². The smallest absolute Gasteiger partial charge is 0.293 e. The average molecular weight is 294 g/mol. The molecule has 1 aromatic carbocycles. The van der Waals surface area contributed by atoms with Crippen LogP contribution in [0.1, 0.15) is 18.4 Å². The van der Waals surface area contributed by atoms with E-state index in [1.54, 1.807) is 0 Å². The molecule has 1 saturated carbocycles. The van der Waals surface area contributed by atoms with Crippen LogP contribution in [0.4, 0.5) is 0 Å². The van der Waals surface area contributed by atoms with Crippen LogP contribution in [0.5, 0.6) is 0 Å². The lowest BCUT2D eigenvalue weighted by Gasteiger charge is -2.26. The van der Waals surface area contributed by atoms with Crippen LogP contribution in [0.15, 0.2) is 35.3 Å². The second-order valence-electron chi connectivity index (χ2n) is 6.00. The number of benzene rings is 1. The SMILES string of the molecule is CC1COC2(N=C(N)C3(C#N)C(c4ccccc4)C23C#N)O1. The summed E-state index contributed by atoms with van der Waals surface area (Å²) in [5.74, 6) is -1.75. The molecule has 2 heterocycles. The second-order valence-corrected chi connectivity index (χ2v) is 6.00. The van der Waals surface area contributed by atoms with Gasteiger partial charge in [-0.05, 0) is 12.5 Å². The molecule has 22 heavy (non-hydrogen) atoms. The summed E-state index contributed by atoms with van der Waals surface area (Å²) in [5, 5.41) is 19.7. The summed E-state index contributed by atoms with van der Waals surface area (Å²) in [6.07, 6.45) is -0.201. The largest absolute Gasteiger partial charge is 0.386 e. The minimum atomic E-state index is -1.47. The highest BCUT2D eigenvalue weighted by molar-refractivity contribution is 6.00. The Labute approximate surface area is 127 Å². The predicted molar refractivity (Wildman–Crippen MR) is 76.1 cm³/mol. The van der Waals surface area contributed by atoms with Gasteiger partial charge >= 0.3 is 0 Å². The average Bonchev–Trinajstić information content (AvgIpc) is 2.93. The number of ether oxygens (including phenoxy) is 2. The molecule has 3 aliphatic rings. The van der Waals surface area contributed by atoms with Gasteiger partial charge in [-0.15, -0.1) is 0 Å². The molecule has 2 N–H and O–H groups in total. The normalized spacial score (nSPS) is 45.0. The number of nitrogens with zero attached hydrogens (tertiary/aromatic N) is 3. The molecule has 5 atom stereocenters. The molecule has 5 unspecified atom stereocenters. The van der Waals surface area contributed by atoms with Gasteiger partial charge < -0.3 is 15.2 Å². The van der Waals surface area contributed by atoms with E-state index in [9.17, 15) is 10.5 Å². The molecule has 4 rings (SSSR count). The van der Waals surface area contributed by atoms with Crippen molar-refractivity contribution in [2.45, 2.75) is 24.9 Å². The van der Waals surface area contributed by atoms with E-state index < -0.39 is 22.7 Å². The van der Waals surface area contributed by atoms with Crippen molar-refractivity contribution in [3.63, 3.8) is 0 Å². The van der Waals surface area contributed by atoms with Crippen molar-refractivity contribution in [2.75, 3.05) is 6.61 Å². The number of hydrogen-bond donors (Lipinski definition) is 1. The Hall–Kier alpha value is -2.41. The van der Waals surface area contributed by atoms with Gasteiger partial charge in [0, 0.05) is 5.92 Å².